The third kappa shape index (κ3) is 4.70. The number of nitrogens with zero attached hydrogens (tertiary/aromatic N) is 3. The second-order valence-electron chi connectivity index (χ2n) is 7.82. The number of fused-ring (bicyclic) bond motifs is 1. The molecule has 1 aliphatic rings. The molecule has 1 aromatic heterocycles. The molecule has 1 atom stereocenters. The van der Waals surface area contributed by atoms with Gasteiger partial charge in [0.2, 0.25) is 5.91 Å². The summed E-state index contributed by atoms with van der Waals surface area (Å²) in [5.41, 5.74) is 1.73. The Bertz CT molecular complexity index is 999. The lowest BCUT2D eigenvalue weighted by Crippen LogP contribution is -2.45. The van der Waals surface area contributed by atoms with Gasteiger partial charge in [-0.25, -0.2) is 0 Å². The summed E-state index contributed by atoms with van der Waals surface area (Å²) in [5.74, 6) is 0.114. The molecule has 1 saturated heterocycles. The Morgan fingerprint density at radius 3 is 2.70 bits per heavy atom. The van der Waals surface area contributed by atoms with E-state index in [9.17, 15) is 9.59 Å². The largest absolute Gasteiger partial charge is 0.352 e. The maximum Gasteiger partial charge on any atom is 0.251 e. The van der Waals surface area contributed by atoms with Gasteiger partial charge in [-0.2, -0.15) is 5.10 Å². The molecule has 2 aromatic carbocycles. The lowest BCUT2D eigenvalue weighted by atomic mass is 9.98. The van der Waals surface area contributed by atoms with E-state index in [1.807, 2.05) is 70.4 Å². The number of carbonyl (C=O) groups excluding carboxylic acids is 2. The number of para-hydroxylation sites is 1. The molecule has 6 nitrogen and oxygen atoms in total. The molecule has 1 aliphatic heterocycles. The van der Waals surface area contributed by atoms with Crippen molar-refractivity contribution in [3.8, 4) is 0 Å². The van der Waals surface area contributed by atoms with E-state index in [0.29, 0.717) is 25.1 Å². The fourth-order valence-electron chi connectivity index (χ4n) is 4.22. The van der Waals surface area contributed by atoms with Crippen molar-refractivity contribution < 1.29 is 9.59 Å². The van der Waals surface area contributed by atoms with Crippen LogP contribution < -0.4 is 5.32 Å². The molecule has 0 saturated carbocycles. The predicted molar refractivity (Wildman–Crippen MR) is 117 cm³/mol. The number of aromatic nitrogens is 2. The summed E-state index contributed by atoms with van der Waals surface area (Å²) in [6, 6.07) is 17.5. The van der Waals surface area contributed by atoms with Gasteiger partial charge in [0, 0.05) is 36.5 Å². The smallest absolute Gasteiger partial charge is 0.251 e. The Morgan fingerprint density at radius 1 is 1.03 bits per heavy atom. The first-order chi connectivity index (χ1) is 14.7. The lowest BCUT2D eigenvalue weighted by Gasteiger charge is -2.36. The molecule has 4 rings (SSSR count). The molecule has 0 spiro atoms. The van der Waals surface area contributed by atoms with Crippen LogP contribution in [-0.2, 0) is 11.3 Å². The maximum atomic E-state index is 13.0. The third-order valence-corrected chi connectivity index (χ3v) is 5.84. The first-order valence-electron chi connectivity index (χ1n) is 10.8. The highest BCUT2D eigenvalue weighted by Gasteiger charge is 2.26. The second kappa shape index (κ2) is 9.57. The van der Waals surface area contributed by atoms with Crippen molar-refractivity contribution in [2.75, 3.05) is 13.1 Å². The molecule has 0 radical (unpaired) electrons. The summed E-state index contributed by atoms with van der Waals surface area (Å²) in [6.45, 7) is 1.96. The van der Waals surface area contributed by atoms with Crippen LogP contribution in [0.5, 0.6) is 0 Å². The number of amides is 2. The highest BCUT2D eigenvalue weighted by molar-refractivity contribution is 5.94. The Morgan fingerprint density at radius 2 is 1.83 bits per heavy atom. The maximum absolute atomic E-state index is 13.0. The number of aryl methyl sites for hydroxylation is 1. The normalized spacial score (nSPS) is 16.5. The summed E-state index contributed by atoms with van der Waals surface area (Å²) in [4.78, 5) is 27.2. The van der Waals surface area contributed by atoms with Crippen LogP contribution >= 0.6 is 0 Å². The zero-order chi connectivity index (χ0) is 20.8. The molecule has 1 unspecified atom stereocenters. The number of benzene rings is 2. The molecule has 3 aromatic rings. The van der Waals surface area contributed by atoms with E-state index in [2.05, 4.69) is 10.4 Å². The third-order valence-electron chi connectivity index (χ3n) is 5.84. The van der Waals surface area contributed by atoms with E-state index >= 15 is 0 Å². The van der Waals surface area contributed by atoms with E-state index in [0.717, 1.165) is 43.1 Å². The second-order valence-corrected chi connectivity index (χ2v) is 7.82. The van der Waals surface area contributed by atoms with Gasteiger partial charge in [0.1, 0.15) is 0 Å². The zero-order valence-electron chi connectivity index (χ0n) is 17.2. The predicted octanol–water partition coefficient (Wildman–Crippen LogP) is 3.63. The van der Waals surface area contributed by atoms with Crippen molar-refractivity contribution in [2.45, 2.75) is 44.7 Å². The summed E-state index contributed by atoms with van der Waals surface area (Å²) in [6.07, 6.45) is 6.25. The average Bonchev–Trinajstić information content (AvgIpc) is 3.21. The van der Waals surface area contributed by atoms with Crippen LogP contribution in [0.2, 0.25) is 0 Å². The quantitative estimate of drug-likeness (QED) is 0.654. The molecular weight excluding hydrogens is 376 g/mol. The fourth-order valence-corrected chi connectivity index (χ4v) is 4.22. The summed E-state index contributed by atoms with van der Waals surface area (Å²) < 4.78 is 1.91. The number of piperidine rings is 1. The molecular formula is C24H28N4O2. The lowest BCUT2D eigenvalue weighted by molar-refractivity contribution is -0.135. The van der Waals surface area contributed by atoms with E-state index in [4.69, 9.17) is 0 Å². The molecule has 6 heteroatoms. The summed E-state index contributed by atoms with van der Waals surface area (Å²) >= 11 is 0. The number of hydrogen-bond donors (Lipinski definition) is 1. The molecule has 30 heavy (non-hydrogen) atoms. The Balaban J connectivity index is 1.30. The molecule has 2 amide bonds. The van der Waals surface area contributed by atoms with Crippen molar-refractivity contribution in [1.82, 2.24) is 20.0 Å². The van der Waals surface area contributed by atoms with Gasteiger partial charge in [0.15, 0.2) is 0 Å². The van der Waals surface area contributed by atoms with Crippen molar-refractivity contribution in [2.24, 2.45) is 0 Å². The van der Waals surface area contributed by atoms with Crippen LogP contribution in [-0.4, -0.2) is 45.6 Å². The molecule has 156 valence electrons. The fraction of sp³-hybridized carbons (Fsp3) is 0.375. The van der Waals surface area contributed by atoms with Crippen LogP contribution in [0.1, 0.15) is 42.5 Å². The van der Waals surface area contributed by atoms with Crippen LogP contribution in [0.3, 0.4) is 0 Å². The van der Waals surface area contributed by atoms with Gasteiger partial charge in [0.25, 0.3) is 5.91 Å². The average molecular weight is 405 g/mol. The van der Waals surface area contributed by atoms with Gasteiger partial charge in [-0.05, 0) is 43.9 Å². The monoisotopic (exact) mass is 404 g/mol. The van der Waals surface area contributed by atoms with Gasteiger partial charge >= 0.3 is 0 Å². The van der Waals surface area contributed by atoms with Crippen LogP contribution in [0.4, 0.5) is 0 Å². The molecule has 2 heterocycles. The van der Waals surface area contributed by atoms with Crippen LogP contribution in [0, 0.1) is 0 Å². The van der Waals surface area contributed by atoms with Crippen LogP contribution in [0.15, 0.2) is 60.8 Å². The van der Waals surface area contributed by atoms with Gasteiger partial charge in [-0.3, -0.25) is 14.3 Å². The van der Waals surface area contributed by atoms with E-state index in [1.54, 1.807) is 0 Å². The number of rotatable bonds is 7. The summed E-state index contributed by atoms with van der Waals surface area (Å²) in [5, 5.41) is 8.51. The van der Waals surface area contributed by atoms with Crippen molar-refractivity contribution in [3.63, 3.8) is 0 Å². The van der Waals surface area contributed by atoms with Crippen molar-refractivity contribution in [1.29, 1.82) is 0 Å². The van der Waals surface area contributed by atoms with E-state index < -0.39 is 0 Å². The number of hydrogen-bond acceptors (Lipinski definition) is 3. The van der Waals surface area contributed by atoms with E-state index in [1.165, 1.54) is 0 Å². The van der Waals surface area contributed by atoms with Crippen molar-refractivity contribution >= 4 is 22.7 Å². The highest BCUT2D eigenvalue weighted by Crippen LogP contribution is 2.21. The number of likely N-dealkylation sites (tertiary alicyclic amines) is 1. The van der Waals surface area contributed by atoms with Gasteiger partial charge in [-0.1, -0.05) is 36.4 Å². The van der Waals surface area contributed by atoms with Gasteiger partial charge < -0.3 is 10.2 Å². The van der Waals surface area contributed by atoms with Crippen molar-refractivity contribution in [3.05, 3.63) is 66.4 Å². The minimum atomic E-state index is -0.0603. The Kier molecular flexibility index (Phi) is 6.42. The van der Waals surface area contributed by atoms with Crippen LogP contribution in [0.25, 0.3) is 10.9 Å². The Hall–Kier alpha value is -3.15. The first-order valence-corrected chi connectivity index (χ1v) is 10.8. The van der Waals surface area contributed by atoms with Gasteiger partial charge in [0.05, 0.1) is 18.3 Å². The minimum Gasteiger partial charge on any atom is -0.352 e. The summed E-state index contributed by atoms with van der Waals surface area (Å²) in [7, 11) is 0. The molecule has 0 aliphatic carbocycles. The Labute approximate surface area is 176 Å². The molecule has 1 fully saturated rings. The number of carbonyl (C=O) groups is 2. The number of nitrogens with one attached hydrogen (secondary N) is 1. The topological polar surface area (TPSA) is 67.2 Å². The molecule has 1 N–H and O–H groups in total. The van der Waals surface area contributed by atoms with Gasteiger partial charge in [-0.15, -0.1) is 0 Å². The zero-order valence-corrected chi connectivity index (χ0v) is 17.2. The SMILES string of the molecule is O=C(NCCC1CCCCN1C(=O)CCn1ncc2ccccc21)c1ccccc1. The first kappa shape index (κ1) is 20.1. The van der Waals surface area contributed by atoms with E-state index in [-0.39, 0.29) is 17.9 Å². The highest BCUT2D eigenvalue weighted by atomic mass is 16.2. The molecule has 0 bridgehead atoms. The minimum absolute atomic E-state index is 0.0603. The standard InChI is InChI=1S/C24H28N4O2/c29-23(14-17-28-22-12-5-4-10-20(22)18-26-28)27-16-7-6-11-21(27)13-15-25-24(30)19-8-2-1-3-9-19/h1-5,8-10,12,18,21H,6-7,11,13-17H2,(H,25,30).